The van der Waals surface area contributed by atoms with Crippen LogP contribution in [0.1, 0.15) is 58.8 Å². The summed E-state index contributed by atoms with van der Waals surface area (Å²) in [5.41, 5.74) is 0.130. The van der Waals surface area contributed by atoms with Crippen molar-refractivity contribution < 1.29 is 14.6 Å². The van der Waals surface area contributed by atoms with Crippen molar-refractivity contribution in [3.05, 3.63) is 0 Å². The highest BCUT2D eigenvalue weighted by atomic mass is 16.5. The van der Waals surface area contributed by atoms with Crippen molar-refractivity contribution in [1.82, 2.24) is 0 Å². The minimum atomic E-state index is -0.670. The Kier molecular flexibility index (Phi) is 3.76. The van der Waals surface area contributed by atoms with Gasteiger partial charge in [0.1, 0.15) is 0 Å². The molecule has 98 valence electrons. The lowest BCUT2D eigenvalue weighted by Crippen LogP contribution is -2.28. The van der Waals surface area contributed by atoms with E-state index in [0.29, 0.717) is 6.42 Å². The molecular weight excluding hydrogens is 216 g/mol. The van der Waals surface area contributed by atoms with Gasteiger partial charge in [-0.05, 0) is 38.0 Å². The van der Waals surface area contributed by atoms with Gasteiger partial charge in [0.25, 0.3) is 0 Å². The molecule has 3 nitrogen and oxygen atoms in total. The maximum atomic E-state index is 11.2. The molecule has 3 heteroatoms. The van der Waals surface area contributed by atoms with E-state index in [9.17, 15) is 9.90 Å². The molecule has 17 heavy (non-hydrogen) atoms. The number of hydrogen-bond acceptors (Lipinski definition) is 2. The highest BCUT2D eigenvalue weighted by Gasteiger charge is 2.43. The van der Waals surface area contributed by atoms with Gasteiger partial charge < -0.3 is 9.84 Å². The van der Waals surface area contributed by atoms with Gasteiger partial charge in [0.2, 0.25) is 0 Å². The standard InChI is InChI=1S/C14H24O3/c1-10(2)12(13(15)16)9-11-5-8-14(17-11)6-3-4-7-14/h10-12H,3-9H2,1-2H3,(H,15,16). The molecule has 0 aromatic carbocycles. The normalized spacial score (nSPS) is 29.0. The van der Waals surface area contributed by atoms with E-state index < -0.39 is 5.97 Å². The Bertz CT molecular complexity index is 279. The second-order valence-electron chi connectivity index (χ2n) is 6.09. The first-order valence-electron chi connectivity index (χ1n) is 6.93. The molecule has 1 spiro atoms. The molecule has 2 aliphatic rings. The van der Waals surface area contributed by atoms with Crippen LogP contribution in [0.5, 0.6) is 0 Å². The number of carboxylic acid groups (broad SMARTS) is 1. The van der Waals surface area contributed by atoms with Crippen molar-refractivity contribution >= 4 is 5.97 Å². The number of ether oxygens (including phenoxy) is 1. The van der Waals surface area contributed by atoms with E-state index in [-0.39, 0.29) is 23.5 Å². The molecule has 1 N–H and O–H groups in total. The molecule has 1 aliphatic carbocycles. The summed E-state index contributed by atoms with van der Waals surface area (Å²) in [6.45, 7) is 3.97. The maximum Gasteiger partial charge on any atom is 0.306 e. The Balaban J connectivity index is 1.90. The van der Waals surface area contributed by atoms with E-state index in [4.69, 9.17) is 4.74 Å². The molecule has 0 bridgehead atoms. The molecule has 0 aromatic rings. The highest BCUT2D eigenvalue weighted by molar-refractivity contribution is 5.70. The summed E-state index contributed by atoms with van der Waals surface area (Å²) in [4.78, 5) is 11.2. The van der Waals surface area contributed by atoms with Crippen molar-refractivity contribution in [2.75, 3.05) is 0 Å². The first-order valence-corrected chi connectivity index (χ1v) is 6.93. The van der Waals surface area contributed by atoms with E-state index in [0.717, 1.165) is 12.8 Å². The van der Waals surface area contributed by atoms with Crippen molar-refractivity contribution in [3.8, 4) is 0 Å². The Labute approximate surface area is 104 Å². The Morgan fingerprint density at radius 3 is 2.53 bits per heavy atom. The lowest BCUT2D eigenvalue weighted by Gasteiger charge is -2.25. The summed E-state index contributed by atoms with van der Waals surface area (Å²) in [6, 6.07) is 0. The fourth-order valence-electron chi connectivity index (χ4n) is 3.39. The average molecular weight is 240 g/mol. The SMILES string of the molecule is CC(C)C(CC1CCC2(CCCC2)O1)C(=O)O. The van der Waals surface area contributed by atoms with Crippen LogP contribution in [0.3, 0.4) is 0 Å². The molecule has 2 rings (SSSR count). The summed E-state index contributed by atoms with van der Waals surface area (Å²) in [5, 5.41) is 9.21. The van der Waals surface area contributed by atoms with Crippen LogP contribution in [0.2, 0.25) is 0 Å². The van der Waals surface area contributed by atoms with Crippen molar-refractivity contribution in [3.63, 3.8) is 0 Å². The fourth-order valence-corrected chi connectivity index (χ4v) is 3.39. The number of rotatable bonds is 4. The van der Waals surface area contributed by atoms with Gasteiger partial charge >= 0.3 is 5.97 Å². The van der Waals surface area contributed by atoms with Gasteiger partial charge in [0.05, 0.1) is 17.6 Å². The van der Waals surface area contributed by atoms with Crippen LogP contribution < -0.4 is 0 Å². The van der Waals surface area contributed by atoms with Crippen molar-refractivity contribution in [2.45, 2.75) is 70.5 Å². The summed E-state index contributed by atoms with van der Waals surface area (Å²) < 4.78 is 6.18. The van der Waals surface area contributed by atoms with Gasteiger partial charge in [-0.25, -0.2) is 0 Å². The molecule has 1 heterocycles. The topological polar surface area (TPSA) is 46.5 Å². The Morgan fingerprint density at radius 2 is 2.00 bits per heavy atom. The van der Waals surface area contributed by atoms with Gasteiger partial charge in [-0.1, -0.05) is 26.7 Å². The van der Waals surface area contributed by atoms with Gasteiger partial charge in [0, 0.05) is 0 Å². The third-order valence-corrected chi connectivity index (χ3v) is 4.49. The quantitative estimate of drug-likeness (QED) is 0.820. The first kappa shape index (κ1) is 12.9. The summed E-state index contributed by atoms with van der Waals surface area (Å²) in [6.07, 6.45) is 7.98. The van der Waals surface area contributed by atoms with Crippen LogP contribution in [-0.4, -0.2) is 22.8 Å². The minimum absolute atomic E-state index is 0.130. The van der Waals surface area contributed by atoms with E-state index in [2.05, 4.69) is 0 Å². The van der Waals surface area contributed by atoms with Crippen molar-refractivity contribution in [1.29, 1.82) is 0 Å². The van der Waals surface area contributed by atoms with Crippen LogP contribution in [0.25, 0.3) is 0 Å². The highest BCUT2D eigenvalue weighted by Crippen LogP contribution is 2.44. The van der Waals surface area contributed by atoms with Gasteiger partial charge in [-0.15, -0.1) is 0 Å². The number of hydrogen-bond donors (Lipinski definition) is 1. The minimum Gasteiger partial charge on any atom is -0.481 e. The molecule has 1 aliphatic heterocycles. The zero-order valence-corrected chi connectivity index (χ0v) is 10.9. The molecule has 2 fully saturated rings. The predicted molar refractivity (Wildman–Crippen MR) is 65.9 cm³/mol. The molecule has 1 saturated heterocycles. The summed E-state index contributed by atoms with van der Waals surface area (Å²) in [7, 11) is 0. The number of aliphatic carboxylic acids is 1. The van der Waals surface area contributed by atoms with E-state index in [1.807, 2.05) is 13.8 Å². The predicted octanol–water partition coefficient (Wildman–Crippen LogP) is 3.23. The maximum absolute atomic E-state index is 11.2. The van der Waals surface area contributed by atoms with E-state index >= 15 is 0 Å². The van der Waals surface area contributed by atoms with E-state index in [1.165, 1.54) is 25.7 Å². The average Bonchev–Trinajstić information content (AvgIpc) is 2.85. The largest absolute Gasteiger partial charge is 0.481 e. The zero-order valence-electron chi connectivity index (χ0n) is 10.9. The van der Waals surface area contributed by atoms with Crippen LogP contribution >= 0.6 is 0 Å². The molecule has 0 amide bonds. The van der Waals surface area contributed by atoms with Gasteiger partial charge in [0.15, 0.2) is 0 Å². The van der Waals surface area contributed by atoms with Crippen LogP contribution in [-0.2, 0) is 9.53 Å². The first-order chi connectivity index (χ1) is 8.02. The molecule has 1 saturated carbocycles. The van der Waals surface area contributed by atoms with Gasteiger partial charge in [-0.2, -0.15) is 0 Å². The lowest BCUT2D eigenvalue weighted by molar-refractivity contribution is -0.145. The monoisotopic (exact) mass is 240 g/mol. The third-order valence-electron chi connectivity index (χ3n) is 4.49. The smallest absolute Gasteiger partial charge is 0.306 e. The van der Waals surface area contributed by atoms with Gasteiger partial charge in [-0.3, -0.25) is 4.79 Å². The fraction of sp³-hybridized carbons (Fsp3) is 0.929. The van der Waals surface area contributed by atoms with Crippen LogP contribution in [0.4, 0.5) is 0 Å². The zero-order chi connectivity index (χ0) is 12.5. The lowest BCUT2D eigenvalue weighted by atomic mass is 9.89. The van der Waals surface area contributed by atoms with Crippen LogP contribution in [0, 0.1) is 11.8 Å². The van der Waals surface area contributed by atoms with Crippen LogP contribution in [0.15, 0.2) is 0 Å². The number of carboxylic acids is 1. The van der Waals surface area contributed by atoms with Crippen molar-refractivity contribution in [2.24, 2.45) is 11.8 Å². The molecular formula is C14H24O3. The third kappa shape index (κ3) is 2.82. The second-order valence-corrected chi connectivity index (χ2v) is 6.09. The molecule has 0 radical (unpaired) electrons. The number of carbonyl (C=O) groups is 1. The Morgan fingerprint density at radius 1 is 1.35 bits per heavy atom. The van der Waals surface area contributed by atoms with E-state index in [1.54, 1.807) is 0 Å². The summed E-state index contributed by atoms with van der Waals surface area (Å²) >= 11 is 0. The summed E-state index contributed by atoms with van der Waals surface area (Å²) in [5.74, 6) is -0.733. The Hall–Kier alpha value is -0.570. The molecule has 2 unspecified atom stereocenters. The molecule has 2 atom stereocenters. The molecule has 0 aromatic heterocycles. The second kappa shape index (κ2) is 4.97.